The van der Waals surface area contributed by atoms with Crippen LogP contribution in [0.2, 0.25) is 0 Å². The van der Waals surface area contributed by atoms with E-state index in [2.05, 4.69) is 0 Å². The molecule has 2 aliphatic rings. The Morgan fingerprint density at radius 2 is 1.92 bits per heavy atom. The minimum absolute atomic E-state index is 0.0246. The number of ketones is 1. The molecule has 130 valence electrons. The number of ether oxygens (including phenoxy) is 2. The van der Waals surface area contributed by atoms with Crippen LogP contribution in [0, 0.1) is 16.0 Å². The molecule has 0 saturated heterocycles. The summed E-state index contributed by atoms with van der Waals surface area (Å²) in [5, 5.41) is 10.7. The predicted octanol–water partition coefficient (Wildman–Crippen LogP) is 3.53. The Morgan fingerprint density at radius 1 is 1.19 bits per heavy atom. The van der Waals surface area contributed by atoms with Gasteiger partial charge < -0.3 is 9.47 Å². The smallest absolute Gasteiger partial charge is 0.314 e. The number of Topliss-reactive ketones (excluding diaryl/α,β-unsaturated/α-hetero) is 1. The second-order valence-corrected chi connectivity index (χ2v) is 6.14. The standard InChI is InChI=1S/C19H13NO6/c21-18-15-8-7-14(25-19(22)12-3-4-12)10-16(15)26-17(18)9-11-1-5-13(6-2-11)20(23)24/h1-2,5-10,12H,3-4H2. The molecular weight excluding hydrogens is 338 g/mol. The number of benzene rings is 2. The third-order valence-electron chi connectivity index (χ3n) is 4.17. The predicted molar refractivity (Wildman–Crippen MR) is 90.8 cm³/mol. The zero-order chi connectivity index (χ0) is 18.3. The Kier molecular flexibility index (Phi) is 3.76. The van der Waals surface area contributed by atoms with Crippen LogP contribution in [0.4, 0.5) is 5.69 Å². The largest absolute Gasteiger partial charge is 0.452 e. The van der Waals surface area contributed by atoms with E-state index in [1.165, 1.54) is 36.4 Å². The number of allylic oxidation sites excluding steroid dienone is 1. The molecule has 2 aromatic carbocycles. The van der Waals surface area contributed by atoms with Crippen LogP contribution in [-0.4, -0.2) is 16.7 Å². The van der Waals surface area contributed by atoms with Gasteiger partial charge in [-0.3, -0.25) is 19.7 Å². The third kappa shape index (κ3) is 3.06. The summed E-state index contributed by atoms with van der Waals surface area (Å²) in [5.41, 5.74) is 0.952. The van der Waals surface area contributed by atoms with Gasteiger partial charge in [-0.1, -0.05) is 0 Å². The van der Waals surface area contributed by atoms with Crippen molar-refractivity contribution in [3.05, 3.63) is 69.5 Å². The van der Waals surface area contributed by atoms with Gasteiger partial charge in [-0.25, -0.2) is 0 Å². The number of nitro groups is 1. The van der Waals surface area contributed by atoms with Crippen molar-refractivity contribution < 1.29 is 24.0 Å². The third-order valence-corrected chi connectivity index (χ3v) is 4.17. The summed E-state index contributed by atoms with van der Waals surface area (Å²) in [6.07, 6.45) is 3.21. The zero-order valence-electron chi connectivity index (χ0n) is 13.5. The number of nitrogens with zero attached hydrogens (tertiary/aromatic N) is 1. The van der Waals surface area contributed by atoms with E-state index < -0.39 is 4.92 Å². The first kappa shape index (κ1) is 16.0. The van der Waals surface area contributed by atoms with Crippen LogP contribution < -0.4 is 9.47 Å². The highest BCUT2D eigenvalue weighted by atomic mass is 16.6. The number of hydrogen-bond donors (Lipinski definition) is 0. The molecule has 0 spiro atoms. The Bertz CT molecular complexity index is 956. The van der Waals surface area contributed by atoms with Gasteiger partial charge in [0.05, 0.1) is 16.4 Å². The quantitative estimate of drug-likeness (QED) is 0.275. The number of fused-ring (bicyclic) bond motifs is 1. The Balaban J connectivity index is 1.54. The number of non-ortho nitro benzene ring substituents is 1. The van der Waals surface area contributed by atoms with E-state index in [-0.39, 0.29) is 29.1 Å². The van der Waals surface area contributed by atoms with Crippen LogP contribution in [0.1, 0.15) is 28.8 Å². The lowest BCUT2D eigenvalue weighted by Crippen LogP contribution is -2.09. The average Bonchev–Trinajstić information content (AvgIpc) is 3.42. The van der Waals surface area contributed by atoms with Crippen molar-refractivity contribution >= 4 is 23.5 Å². The van der Waals surface area contributed by atoms with Gasteiger partial charge in [0.25, 0.3) is 5.69 Å². The maximum absolute atomic E-state index is 12.4. The highest BCUT2D eigenvalue weighted by Crippen LogP contribution is 2.36. The molecule has 0 bridgehead atoms. The number of nitro benzene ring substituents is 1. The van der Waals surface area contributed by atoms with Gasteiger partial charge in [0.15, 0.2) is 5.76 Å². The number of carbonyl (C=O) groups excluding carboxylic acids is 2. The Morgan fingerprint density at radius 3 is 2.58 bits per heavy atom. The van der Waals surface area contributed by atoms with Crippen LogP contribution >= 0.6 is 0 Å². The lowest BCUT2D eigenvalue weighted by Gasteiger charge is -2.04. The molecule has 1 aliphatic carbocycles. The summed E-state index contributed by atoms with van der Waals surface area (Å²) in [6.45, 7) is 0. The number of esters is 1. The highest BCUT2D eigenvalue weighted by molar-refractivity contribution is 6.14. The maximum Gasteiger partial charge on any atom is 0.314 e. The van der Waals surface area contributed by atoms with Crippen molar-refractivity contribution in [3.8, 4) is 11.5 Å². The fourth-order valence-electron chi connectivity index (χ4n) is 2.59. The molecule has 0 atom stereocenters. The van der Waals surface area contributed by atoms with E-state index in [0.717, 1.165) is 12.8 Å². The van der Waals surface area contributed by atoms with Gasteiger partial charge in [0.1, 0.15) is 11.5 Å². The number of rotatable bonds is 4. The fraction of sp³-hybridized carbons (Fsp3) is 0.158. The minimum atomic E-state index is -0.492. The van der Waals surface area contributed by atoms with Crippen LogP contribution in [0.3, 0.4) is 0 Å². The van der Waals surface area contributed by atoms with E-state index in [0.29, 0.717) is 22.6 Å². The van der Waals surface area contributed by atoms with Gasteiger partial charge >= 0.3 is 5.97 Å². The molecule has 7 nitrogen and oxygen atoms in total. The summed E-state index contributed by atoms with van der Waals surface area (Å²) >= 11 is 0. The molecule has 1 saturated carbocycles. The molecular formula is C19H13NO6. The highest BCUT2D eigenvalue weighted by Gasteiger charge is 2.32. The van der Waals surface area contributed by atoms with Gasteiger partial charge in [-0.15, -0.1) is 0 Å². The van der Waals surface area contributed by atoms with Crippen LogP contribution in [0.15, 0.2) is 48.2 Å². The van der Waals surface area contributed by atoms with E-state index in [9.17, 15) is 19.7 Å². The summed E-state index contributed by atoms with van der Waals surface area (Å²) in [4.78, 5) is 34.3. The van der Waals surface area contributed by atoms with Crippen molar-refractivity contribution in [2.24, 2.45) is 5.92 Å². The normalized spacial score (nSPS) is 16.9. The lowest BCUT2D eigenvalue weighted by atomic mass is 10.1. The minimum Gasteiger partial charge on any atom is -0.452 e. The molecule has 0 N–H and O–H groups in total. The Hall–Kier alpha value is -3.48. The van der Waals surface area contributed by atoms with Crippen LogP contribution in [-0.2, 0) is 4.79 Å². The lowest BCUT2D eigenvalue weighted by molar-refractivity contribution is -0.384. The van der Waals surface area contributed by atoms with E-state index in [1.54, 1.807) is 12.1 Å². The van der Waals surface area contributed by atoms with Crippen molar-refractivity contribution in [1.29, 1.82) is 0 Å². The molecule has 1 fully saturated rings. The van der Waals surface area contributed by atoms with E-state index in [4.69, 9.17) is 9.47 Å². The van der Waals surface area contributed by atoms with Crippen LogP contribution in [0.25, 0.3) is 6.08 Å². The van der Waals surface area contributed by atoms with Gasteiger partial charge in [-0.05, 0) is 48.7 Å². The topological polar surface area (TPSA) is 95.7 Å². The Labute approximate surface area is 148 Å². The number of carbonyl (C=O) groups is 2. The molecule has 7 heteroatoms. The molecule has 0 unspecified atom stereocenters. The van der Waals surface area contributed by atoms with Crippen molar-refractivity contribution in [2.75, 3.05) is 0 Å². The molecule has 1 aliphatic heterocycles. The molecule has 0 radical (unpaired) electrons. The van der Waals surface area contributed by atoms with Crippen LogP contribution in [0.5, 0.6) is 11.5 Å². The van der Waals surface area contributed by atoms with Crippen molar-refractivity contribution in [2.45, 2.75) is 12.8 Å². The molecule has 26 heavy (non-hydrogen) atoms. The zero-order valence-corrected chi connectivity index (χ0v) is 13.5. The second-order valence-electron chi connectivity index (χ2n) is 6.14. The van der Waals surface area contributed by atoms with Crippen molar-refractivity contribution in [1.82, 2.24) is 0 Å². The van der Waals surface area contributed by atoms with E-state index in [1.807, 2.05) is 0 Å². The molecule has 0 aromatic heterocycles. The fourth-order valence-corrected chi connectivity index (χ4v) is 2.59. The molecule has 4 rings (SSSR count). The van der Waals surface area contributed by atoms with E-state index >= 15 is 0 Å². The molecule has 2 aromatic rings. The van der Waals surface area contributed by atoms with Gasteiger partial charge in [0.2, 0.25) is 5.78 Å². The molecule has 1 heterocycles. The summed E-state index contributed by atoms with van der Waals surface area (Å²) in [6, 6.07) is 10.4. The summed E-state index contributed by atoms with van der Waals surface area (Å²) in [5.74, 6) is 0.187. The SMILES string of the molecule is O=C1C(=Cc2ccc([N+](=O)[O-])cc2)Oc2cc(OC(=O)C3CC3)ccc21. The number of hydrogen-bond acceptors (Lipinski definition) is 6. The van der Waals surface area contributed by atoms with Gasteiger partial charge in [0, 0.05) is 18.2 Å². The van der Waals surface area contributed by atoms with Crippen molar-refractivity contribution in [3.63, 3.8) is 0 Å². The first-order valence-electron chi connectivity index (χ1n) is 8.06. The second kappa shape index (κ2) is 6.11. The molecule has 0 amide bonds. The van der Waals surface area contributed by atoms with Gasteiger partial charge in [-0.2, -0.15) is 0 Å². The summed E-state index contributed by atoms with van der Waals surface area (Å²) in [7, 11) is 0. The maximum atomic E-state index is 12.4. The first-order valence-corrected chi connectivity index (χ1v) is 8.06. The monoisotopic (exact) mass is 351 g/mol. The average molecular weight is 351 g/mol. The summed E-state index contributed by atoms with van der Waals surface area (Å²) < 4.78 is 10.9. The first-order chi connectivity index (χ1) is 12.5.